The first-order valence-corrected chi connectivity index (χ1v) is 6.66. The minimum Gasteiger partial charge on any atom is -0.386 e. The molecule has 9 heteroatoms. The molecule has 2 N–H and O–H groups in total. The first-order chi connectivity index (χ1) is 11.3. The van der Waals surface area contributed by atoms with Crippen LogP contribution < -0.4 is 10.6 Å². The maximum Gasteiger partial charge on any atom is 0.417 e. The molecule has 0 aliphatic carbocycles. The second-order valence-corrected chi connectivity index (χ2v) is 4.75. The number of halogens is 5. The third-order valence-corrected chi connectivity index (χ3v) is 3.22. The van der Waals surface area contributed by atoms with E-state index in [-0.39, 0.29) is 16.9 Å². The predicted molar refractivity (Wildman–Crippen MR) is 78.0 cm³/mol. The van der Waals surface area contributed by atoms with Gasteiger partial charge >= 0.3 is 6.18 Å². The maximum absolute atomic E-state index is 13.7. The van der Waals surface area contributed by atoms with E-state index < -0.39 is 35.7 Å². The fraction of sp³-hybridized carbons (Fsp3) is 0.200. The van der Waals surface area contributed by atoms with E-state index in [1.54, 1.807) is 0 Å². The monoisotopic (exact) mass is 345 g/mol. The quantitative estimate of drug-likeness (QED) is 0.824. The Morgan fingerprint density at radius 3 is 2.54 bits per heavy atom. The van der Waals surface area contributed by atoms with Gasteiger partial charge in [0, 0.05) is 25.0 Å². The highest BCUT2D eigenvalue weighted by Crippen LogP contribution is 2.32. The van der Waals surface area contributed by atoms with Gasteiger partial charge in [-0.15, -0.1) is 0 Å². The van der Waals surface area contributed by atoms with Crippen LogP contribution in [0.1, 0.15) is 21.5 Å². The number of nitrogens with zero attached hydrogens (tertiary/aromatic N) is 1. The average Bonchev–Trinajstić information content (AvgIpc) is 2.54. The molecule has 0 atom stereocenters. The Balaban J connectivity index is 2.40. The molecule has 0 saturated heterocycles. The predicted octanol–water partition coefficient (Wildman–Crippen LogP) is 4.00. The van der Waals surface area contributed by atoms with E-state index in [9.17, 15) is 26.7 Å². The van der Waals surface area contributed by atoms with E-state index in [1.807, 2.05) is 0 Å². The van der Waals surface area contributed by atoms with Crippen LogP contribution in [0.2, 0.25) is 0 Å². The molecule has 0 aliphatic heterocycles. The van der Waals surface area contributed by atoms with Crippen LogP contribution in [-0.4, -0.2) is 17.9 Å². The second-order valence-electron chi connectivity index (χ2n) is 4.75. The Hall–Kier alpha value is -2.71. The molecule has 4 nitrogen and oxygen atoms in total. The highest BCUT2D eigenvalue weighted by molar-refractivity contribution is 6.06. The summed E-state index contributed by atoms with van der Waals surface area (Å²) >= 11 is 0. The van der Waals surface area contributed by atoms with Gasteiger partial charge in [0.05, 0.1) is 22.5 Å². The number of hydrogen-bond acceptors (Lipinski definition) is 3. The molecule has 1 aromatic heterocycles. The molecule has 24 heavy (non-hydrogen) atoms. The number of aromatic nitrogens is 1. The molecular formula is C15H12F5N3O. The average molecular weight is 345 g/mol. The van der Waals surface area contributed by atoms with Crippen molar-refractivity contribution in [1.82, 2.24) is 4.98 Å². The standard InChI is InChI=1S/C15H12F5N3O/c1-21-12-4-8(6-16)11(17)5-13(12)23-14(24)9-7-22-3-2-10(9)15(18,19)20/h2-5,7,21H,6H2,1H3,(H,23,24). The molecular weight excluding hydrogens is 333 g/mol. The molecule has 0 aliphatic rings. The van der Waals surface area contributed by atoms with Crippen LogP contribution in [0.15, 0.2) is 30.6 Å². The van der Waals surface area contributed by atoms with Crippen molar-refractivity contribution < 1.29 is 26.7 Å². The Bertz CT molecular complexity index is 761. The fourth-order valence-electron chi connectivity index (χ4n) is 2.04. The summed E-state index contributed by atoms with van der Waals surface area (Å²) in [5, 5.41) is 4.79. The molecule has 0 bridgehead atoms. The summed E-state index contributed by atoms with van der Waals surface area (Å²) in [6.45, 7) is -1.06. The summed E-state index contributed by atoms with van der Waals surface area (Å²) in [4.78, 5) is 15.6. The number of rotatable bonds is 4. The number of amides is 1. The summed E-state index contributed by atoms with van der Waals surface area (Å²) in [6.07, 6.45) is -3.07. The highest BCUT2D eigenvalue weighted by Gasteiger charge is 2.35. The molecule has 0 unspecified atom stereocenters. The van der Waals surface area contributed by atoms with Crippen molar-refractivity contribution in [3.63, 3.8) is 0 Å². The van der Waals surface area contributed by atoms with Crippen molar-refractivity contribution in [1.29, 1.82) is 0 Å². The van der Waals surface area contributed by atoms with Gasteiger partial charge in [0.1, 0.15) is 12.5 Å². The first-order valence-electron chi connectivity index (χ1n) is 6.66. The lowest BCUT2D eigenvalue weighted by molar-refractivity contribution is -0.138. The van der Waals surface area contributed by atoms with E-state index >= 15 is 0 Å². The van der Waals surface area contributed by atoms with Crippen molar-refractivity contribution in [3.05, 3.63) is 53.1 Å². The summed E-state index contributed by atoms with van der Waals surface area (Å²) < 4.78 is 65.1. The van der Waals surface area contributed by atoms with E-state index in [2.05, 4.69) is 15.6 Å². The Morgan fingerprint density at radius 1 is 1.25 bits per heavy atom. The zero-order chi connectivity index (χ0) is 17.9. The van der Waals surface area contributed by atoms with Crippen LogP contribution >= 0.6 is 0 Å². The van der Waals surface area contributed by atoms with Gasteiger partial charge in [-0.2, -0.15) is 13.2 Å². The van der Waals surface area contributed by atoms with E-state index in [0.29, 0.717) is 6.07 Å². The number of pyridine rings is 1. The van der Waals surface area contributed by atoms with E-state index in [1.165, 1.54) is 7.05 Å². The molecule has 0 saturated carbocycles. The zero-order valence-electron chi connectivity index (χ0n) is 12.3. The summed E-state index contributed by atoms with van der Waals surface area (Å²) in [7, 11) is 1.44. The summed E-state index contributed by atoms with van der Waals surface area (Å²) in [5.41, 5.74) is -2.07. The van der Waals surface area contributed by atoms with Crippen LogP contribution in [0.4, 0.5) is 33.3 Å². The summed E-state index contributed by atoms with van der Waals surface area (Å²) in [5.74, 6) is -2.03. The largest absolute Gasteiger partial charge is 0.417 e. The molecule has 0 radical (unpaired) electrons. The Morgan fingerprint density at radius 2 is 1.96 bits per heavy atom. The minimum atomic E-state index is -4.75. The number of benzene rings is 1. The van der Waals surface area contributed by atoms with Gasteiger partial charge in [0.15, 0.2) is 0 Å². The topological polar surface area (TPSA) is 54.0 Å². The number of anilines is 2. The van der Waals surface area contributed by atoms with Crippen molar-refractivity contribution in [2.24, 2.45) is 0 Å². The molecule has 2 rings (SSSR count). The smallest absolute Gasteiger partial charge is 0.386 e. The van der Waals surface area contributed by atoms with Gasteiger partial charge in [-0.1, -0.05) is 0 Å². The van der Waals surface area contributed by atoms with Gasteiger partial charge in [-0.25, -0.2) is 8.78 Å². The fourth-order valence-corrected chi connectivity index (χ4v) is 2.04. The lowest BCUT2D eigenvalue weighted by Crippen LogP contribution is -2.19. The minimum absolute atomic E-state index is 0.117. The Kier molecular flexibility index (Phi) is 5.01. The van der Waals surface area contributed by atoms with Crippen molar-refractivity contribution in [3.8, 4) is 0 Å². The normalized spacial score (nSPS) is 11.2. The van der Waals surface area contributed by atoms with Crippen molar-refractivity contribution in [2.45, 2.75) is 12.9 Å². The lowest BCUT2D eigenvalue weighted by Gasteiger charge is -2.15. The molecule has 1 amide bonds. The van der Waals surface area contributed by atoms with E-state index in [0.717, 1.165) is 24.5 Å². The first kappa shape index (κ1) is 17.6. The third kappa shape index (κ3) is 3.61. The number of alkyl halides is 4. The third-order valence-electron chi connectivity index (χ3n) is 3.22. The van der Waals surface area contributed by atoms with Crippen LogP contribution in [-0.2, 0) is 12.9 Å². The van der Waals surface area contributed by atoms with Gasteiger partial charge in [0.25, 0.3) is 5.91 Å². The second kappa shape index (κ2) is 6.81. The van der Waals surface area contributed by atoms with E-state index in [4.69, 9.17) is 0 Å². The molecule has 0 fully saturated rings. The number of carbonyl (C=O) groups is 1. The number of hydrogen-bond donors (Lipinski definition) is 2. The van der Waals surface area contributed by atoms with Crippen molar-refractivity contribution >= 4 is 17.3 Å². The van der Waals surface area contributed by atoms with Gasteiger partial charge in [0.2, 0.25) is 0 Å². The van der Waals surface area contributed by atoms with Crippen LogP contribution in [0.3, 0.4) is 0 Å². The highest BCUT2D eigenvalue weighted by atomic mass is 19.4. The SMILES string of the molecule is CNc1cc(CF)c(F)cc1NC(=O)c1cnccc1C(F)(F)F. The van der Waals surface area contributed by atoms with Crippen LogP contribution in [0, 0.1) is 5.82 Å². The molecule has 2 aromatic rings. The molecule has 0 spiro atoms. The molecule has 128 valence electrons. The summed E-state index contributed by atoms with van der Waals surface area (Å²) in [6, 6.07) is 2.63. The lowest BCUT2D eigenvalue weighted by atomic mass is 10.1. The molecule has 1 heterocycles. The maximum atomic E-state index is 13.7. The number of carbonyl (C=O) groups excluding carboxylic acids is 1. The van der Waals surface area contributed by atoms with Gasteiger partial charge in [-0.3, -0.25) is 9.78 Å². The number of nitrogens with one attached hydrogen (secondary N) is 2. The van der Waals surface area contributed by atoms with Crippen LogP contribution in [0.5, 0.6) is 0 Å². The van der Waals surface area contributed by atoms with Crippen LogP contribution in [0.25, 0.3) is 0 Å². The van der Waals surface area contributed by atoms with Gasteiger partial charge in [-0.05, 0) is 18.2 Å². The zero-order valence-corrected chi connectivity index (χ0v) is 12.3. The van der Waals surface area contributed by atoms with Crippen molar-refractivity contribution in [2.75, 3.05) is 17.7 Å². The van der Waals surface area contributed by atoms with Gasteiger partial charge < -0.3 is 10.6 Å². The molecule has 1 aromatic carbocycles. The Labute approximate surface area is 133 Å².